The molecule has 0 aliphatic carbocycles. The Morgan fingerprint density at radius 1 is 1.60 bits per heavy atom. The first-order valence-electron chi connectivity index (χ1n) is 5.18. The minimum absolute atomic E-state index is 0.0115. The number of likely N-dealkylation sites (tertiary alicyclic amines) is 1. The Balaban J connectivity index is 2.54. The smallest absolute Gasteiger partial charge is 0.307 e. The van der Waals surface area contributed by atoms with Gasteiger partial charge in [-0.3, -0.25) is 14.5 Å². The lowest BCUT2D eigenvalue weighted by atomic mass is 10.1. The lowest BCUT2D eigenvalue weighted by Crippen LogP contribution is -2.45. The van der Waals surface area contributed by atoms with Crippen LogP contribution in [0.25, 0.3) is 0 Å². The molecule has 1 aliphatic rings. The van der Waals surface area contributed by atoms with Crippen molar-refractivity contribution in [2.45, 2.75) is 38.3 Å². The standard InChI is InChI=1S/C10H18N2O3/c1-7(6-9(13)15-2)12-5-3-4-8(12)10(11)14/h7-8H,3-6H2,1-2H3,(H2,11,14). The van der Waals surface area contributed by atoms with Gasteiger partial charge in [0, 0.05) is 6.04 Å². The highest BCUT2D eigenvalue weighted by Gasteiger charge is 2.32. The fourth-order valence-electron chi connectivity index (χ4n) is 2.06. The first-order valence-corrected chi connectivity index (χ1v) is 5.18. The number of amides is 1. The molecule has 1 amide bonds. The molecule has 0 aromatic heterocycles. The van der Waals surface area contributed by atoms with Gasteiger partial charge in [0.2, 0.25) is 5.91 Å². The van der Waals surface area contributed by atoms with Gasteiger partial charge < -0.3 is 10.5 Å². The van der Waals surface area contributed by atoms with Crippen LogP contribution >= 0.6 is 0 Å². The third kappa shape index (κ3) is 2.92. The predicted octanol–water partition coefficient (Wildman–Crippen LogP) is -0.112. The van der Waals surface area contributed by atoms with Gasteiger partial charge in [0.25, 0.3) is 0 Å². The van der Waals surface area contributed by atoms with E-state index >= 15 is 0 Å². The highest BCUT2D eigenvalue weighted by atomic mass is 16.5. The largest absolute Gasteiger partial charge is 0.469 e. The first-order chi connectivity index (χ1) is 7.06. The lowest BCUT2D eigenvalue weighted by Gasteiger charge is -2.27. The quantitative estimate of drug-likeness (QED) is 0.663. The van der Waals surface area contributed by atoms with Gasteiger partial charge in [-0.2, -0.15) is 0 Å². The molecule has 86 valence electrons. The van der Waals surface area contributed by atoms with E-state index in [9.17, 15) is 9.59 Å². The van der Waals surface area contributed by atoms with E-state index in [4.69, 9.17) is 5.73 Å². The second kappa shape index (κ2) is 5.11. The summed E-state index contributed by atoms with van der Waals surface area (Å²) in [7, 11) is 1.37. The van der Waals surface area contributed by atoms with Gasteiger partial charge in [-0.1, -0.05) is 0 Å². The van der Waals surface area contributed by atoms with Crippen molar-refractivity contribution in [3.8, 4) is 0 Å². The topological polar surface area (TPSA) is 72.6 Å². The van der Waals surface area contributed by atoms with E-state index in [1.807, 2.05) is 11.8 Å². The SMILES string of the molecule is COC(=O)CC(C)N1CCCC1C(N)=O. The zero-order chi connectivity index (χ0) is 11.4. The summed E-state index contributed by atoms with van der Waals surface area (Å²) >= 11 is 0. The molecule has 2 unspecified atom stereocenters. The molecule has 2 N–H and O–H groups in total. The van der Waals surface area contributed by atoms with Crippen molar-refractivity contribution in [2.24, 2.45) is 5.73 Å². The summed E-state index contributed by atoms with van der Waals surface area (Å²) < 4.78 is 4.59. The molecule has 2 atom stereocenters. The second-order valence-corrected chi connectivity index (χ2v) is 3.93. The van der Waals surface area contributed by atoms with Gasteiger partial charge in [0.15, 0.2) is 0 Å². The predicted molar refractivity (Wildman–Crippen MR) is 55.0 cm³/mol. The van der Waals surface area contributed by atoms with Crippen molar-refractivity contribution < 1.29 is 14.3 Å². The number of carbonyl (C=O) groups is 2. The summed E-state index contributed by atoms with van der Waals surface area (Å²) in [5.41, 5.74) is 5.29. The normalized spacial score (nSPS) is 23.7. The number of carbonyl (C=O) groups excluding carboxylic acids is 2. The number of hydrogen-bond donors (Lipinski definition) is 1. The van der Waals surface area contributed by atoms with Crippen LogP contribution in [0, 0.1) is 0 Å². The Bertz CT molecular complexity index is 255. The van der Waals surface area contributed by atoms with Crippen LogP contribution in [0.5, 0.6) is 0 Å². The van der Waals surface area contributed by atoms with Crippen LogP contribution in [-0.2, 0) is 14.3 Å². The van der Waals surface area contributed by atoms with Crippen LogP contribution in [0.15, 0.2) is 0 Å². The Labute approximate surface area is 89.6 Å². The van der Waals surface area contributed by atoms with E-state index in [0.29, 0.717) is 6.42 Å². The monoisotopic (exact) mass is 214 g/mol. The minimum atomic E-state index is -0.302. The molecule has 0 radical (unpaired) electrons. The fourth-order valence-corrected chi connectivity index (χ4v) is 2.06. The van der Waals surface area contributed by atoms with Crippen molar-refractivity contribution >= 4 is 11.9 Å². The summed E-state index contributed by atoms with van der Waals surface area (Å²) in [6, 6.07) is -0.206. The Kier molecular flexibility index (Phi) is 4.08. The number of hydrogen-bond acceptors (Lipinski definition) is 4. The summed E-state index contributed by atoms with van der Waals surface area (Å²) in [4.78, 5) is 24.2. The van der Waals surface area contributed by atoms with Crippen LogP contribution in [0.2, 0.25) is 0 Å². The number of rotatable bonds is 4. The van der Waals surface area contributed by atoms with Gasteiger partial charge in [-0.05, 0) is 26.3 Å². The first kappa shape index (κ1) is 12.0. The molecular formula is C10H18N2O3. The van der Waals surface area contributed by atoms with Gasteiger partial charge in [-0.15, -0.1) is 0 Å². The van der Waals surface area contributed by atoms with Gasteiger partial charge in [0.05, 0.1) is 19.6 Å². The number of nitrogens with two attached hydrogens (primary N) is 1. The van der Waals surface area contributed by atoms with Crippen LogP contribution in [0.1, 0.15) is 26.2 Å². The third-order valence-electron chi connectivity index (χ3n) is 2.88. The van der Waals surface area contributed by atoms with E-state index < -0.39 is 0 Å². The van der Waals surface area contributed by atoms with Crippen molar-refractivity contribution in [3.63, 3.8) is 0 Å². The number of esters is 1. The molecule has 1 heterocycles. The summed E-state index contributed by atoms with van der Waals surface area (Å²) in [6.07, 6.45) is 2.06. The molecule has 15 heavy (non-hydrogen) atoms. The van der Waals surface area contributed by atoms with Crippen molar-refractivity contribution in [2.75, 3.05) is 13.7 Å². The highest BCUT2D eigenvalue weighted by molar-refractivity contribution is 5.80. The molecule has 0 aromatic rings. The molecule has 5 heteroatoms. The van der Waals surface area contributed by atoms with Crippen molar-refractivity contribution in [3.05, 3.63) is 0 Å². The van der Waals surface area contributed by atoms with E-state index in [2.05, 4.69) is 4.74 Å². The summed E-state index contributed by atoms with van der Waals surface area (Å²) in [5, 5.41) is 0. The number of nitrogens with zero attached hydrogens (tertiary/aromatic N) is 1. The van der Waals surface area contributed by atoms with E-state index in [-0.39, 0.29) is 24.0 Å². The maximum atomic E-state index is 11.1. The second-order valence-electron chi connectivity index (χ2n) is 3.93. The van der Waals surface area contributed by atoms with Crippen molar-refractivity contribution in [1.29, 1.82) is 0 Å². The number of primary amides is 1. The number of methoxy groups -OCH3 is 1. The zero-order valence-corrected chi connectivity index (χ0v) is 9.23. The van der Waals surface area contributed by atoms with Crippen LogP contribution < -0.4 is 5.73 Å². The van der Waals surface area contributed by atoms with Gasteiger partial charge in [0.1, 0.15) is 0 Å². The molecule has 0 aromatic carbocycles. The highest BCUT2D eigenvalue weighted by Crippen LogP contribution is 2.21. The Morgan fingerprint density at radius 2 is 2.27 bits per heavy atom. The van der Waals surface area contributed by atoms with E-state index in [1.54, 1.807) is 0 Å². The molecular weight excluding hydrogens is 196 g/mol. The summed E-state index contributed by atoms with van der Waals surface area (Å²) in [5.74, 6) is -0.554. The Hall–Kier alpha value is -1.10. The van der Waals surface area contributed by atoms with Crippen LogP contribution in [0.4, 0.5) is 0 Å². The molecule has 1 fully saturated rings. The molecule has 1 rings (SSSR count). The van der Waals surface area contributed by atoms with Crippen LogP contribution in [-0.4, -0.2) is 42.5 Å². The molecule has 1 aliphatic heterocycles. The maximum absolute atomic E-state index is 11.1. The maximum Gasteiger partial charge on any atom is 0.307 e. The molecule has 0 saturated carbocycles. The van der Waals surface area contributed by atoms with Gasteiger partial charge >= 0.3 is 5.97 Å². The summed E-state index contributed by atoms with van der Waals surface area (Å²) in [6.45, 7) is 2.74. The lowest BCUT2D eigenvalue weighted by molar-refractivity contribution is -0.142. The van der Waals surface area contributed by atoms with E-state index in [1.165, 1.54) is 7.11 Å². The fraction of sp³-hybridized carbons (Fsp3) is 0.800. The Morgan fingerprint density at radius 3 is 2.80 bits per heavy atom. The van der Waals surface area contributed by atoms with Gasteiger partial charge in [-0.25, -0.2) is 0 Å². The van der Waals surface area contributed by atoms with Crippen molar-refractivity contribution in [1.82, 2.24) is 4.90 Å². The molecule has 0 bridgehead atoms. The minimum Gasteiger partial charge on any atom is -0.469 e. The average molecular weight is 214 g/mol. The van der Waals surface area contributed by atoms with E-state index in [0.717, 1.165) is 19.4 Å². The molecule has 1 saturated heterocycles. The third-order valence-corrected chi connectivity index (χ3v) is 2.88. The zero-order valence-electron chi connectivity index (χ0n) is 9.23. The number of ether oxygens (including phenoxy) is 1. The molecule has 5 nitrogen and oxygen atoms in total. The van der Waals surface area contributed by atoms with Crippen LogP contribution in [0.3, 0.4) is 0 Å². The molecule has 0 spiro atoms. The average Bonchev–Trinajstić information content (AvgIpc) is 2.65.